The molecule has 0 saturated carbocycles. The van der Waals surface area contributed by atoms with Crippen LogP contribution in [0.2, 0.25) is 0 Å². The van der Waals surface area contributed by atoms with E-state index in [2.05, 4.69) is 15.6 Å². The average Bonchev–Trinajstić information content (AvgIpc) is 3.15. The number of para-hydroxylation sites is 1. The number of hydrogen-bond donors (Lipinski definition) is 2. The Kier molecular flexibility index (Phi) is 9.28. The van der Waals surface area contributed by atoms with Crippen LogP contribution in [0, 0.1) is 11.6 Å². The molecule has 1 saturated heterocycles. The standard InChI is InChI=1S/C20H24F2N4OS.HI/c1-23-20(24-11-13-28(27)16-6-3-2-4-7-16)25-15-10-12-26(14-15)19-17(21)8-5-9-18(19)22;/h2-9,15H,10-14H2,1H3,(H2,23,24,25);1H. The summed E-state index contributed by atoms with van der Waals surface area (Å²) in [5.41, 5.74) is 0.0213. The largest absolute Gasteiger partial charge is 0.365 e. The molecule has 1 aliphatic rings. The van der Waals surface area contributed by atoms with Crippen LogP contribution in [-0.4, -0.2) is 48.6 Å². The molecule has 9 heteroatoms. The molecule has 2 atom stereocenters. The Morgan fingerprint density at radius 3 is 2.52 bits per heavy atom. The molecule has 5 nitrogen and oxygen atoms in total. The lowest BCUT2D eigenvalue weighted by atomic mass is 10.2. The zero-order valence-electron chi connectivity index (χ0n) is 16.1. The molecule has 2 aromatic carbocycles. The molecule has 2 unspecified atom stereocenters. The Labute approximate surface area is 189 Å². The van der Waals surface area contributed by atoms with Gasteiger partial charge < -0.3 is 15.5 Å². The van der Waals surface area contributed by atoms with Crippen molar-refractivity contribution in [3.05, 3.63) is 60.2 Å². The van der Waals surface area contributed by atoms with Crippen LogP contribution in [0.25, 0.3) is 0 Å². The highest BCUT2D eigenvalue weighted by atomic mass is 127. The Balaban J connectivity index is 0.00000300. The van der Waals surface area contributed by atoms with Crippen molar-refractivity contribution >= 4 is 46.4 Å². The first-order valence-electron chi connectivity index (χ1n) is 9.18. The van der Waals surface area contributed by atoms with Crippen LogP contribution < -0.4 is 15.5 Å². The van der Waals surface area contributed by atoms with Crippen LogP contribution in [0.5, 0.6) is 0 Å². The van der Waals surface area contributed by atoms with E-state index in [1.807, 2.05) is 30.3 Å². The summed E-state index contributed by atoms with van der Waals surface area (Å²) in [6.07, 6.45) is 0.740. The minimum Gasteiger partial charge on any atom is -0.365 e. The summed E-state index contributed by atoms with van der Waals surface area (Å²) in [5, 5.41) is 6.42. The predicted molar refractivity (Wildman–Crippen MR) is 125 cm³/mol. The second-order valence-corrected chi connectivity index (χ2v) is 8.08. The van der Waals surface area contributed by atoms with E-state index in [-0.39, 0.29) is 35.7 Å². The van der Waals surface area contributed by atoms with Gasteiger partial charge in [0.15, 0.2) is 5.96 Å². The third-order valence-corrected chi connectivity index (χ3v) is 5.97. The molecular weight excluding hydrogens is 509 g/mol. The quantitative estimate of drug-likeness (QED) is 0.340. The first-order chi connectivity index (χ1) is 13.6. The predicted octanol–water partition coefficient (Wildman–Crippen LogP) is 3.13. The van der Waals surface area contributed by atoms with Gasteiger partial charge in [-0.25, -0.2) is 8.78 Å². The zero-order valence-corrected chi connectivity index (χ0v) is 19.3. The summed E-state index contributed by atoms with van der Waals surface area (Å²) >= 11 is 0. The van der Waals surface area contributed by atoms with Gasteiger partial charge in [0.1, 0.15) is 17.3 Å². The number of benzene rings is 2. The number of anilines is 1. The van der Waals surface area contributed by atoms with Gasteiger partial charge in [-0.3, -0.25) is 9.20 Å². The third-order valence-electron chi connectivity index (χ3n) is 4.59. The lowest BCUT2D eigenvalue weighted by Crippen LogP contribution is -2.45. The Morgan fingerprint density at radius 2 is 1.86 bits per heavy atom. The van der Waals surface area contributed by atoms with Crippen molar-refractivity contribution in [2.75, 3.05) is 37.3 Å². The molecule has 2 N–H and O–H groups in total. The molecule has 1 aliphatic heterocycles. The molecule has 0 aliphatic carbocycles. The average molecular weight is 534 g/mol. The van der Waals surface area contributed by atoms with Crippen molar-refractivity contribution < 1.29 is 13.0 Å². The maximum atomic E-state index is 14.0. The molecule has 3 rings (SSSR count). The van der Waals surface area contributed by atoms with E-state index < -0.39 is 22.4 Å². The molecule has 2 aromatic rings. The van der Waals surface area contributed by atoms with Gasteiger partial charge in [0.25, 0.3) is 0 Å². The van der Waals surface area contributed by atoms with Crippen LogP contribution in [0.4, 0.5) is 14.5 Å². The Hall–Kier alpha value is -1.75. The number of rotatable bonds is 6. The van der Waals surface area contributed by atoms with E-state index in [1.165, 1.54) is 18.2 Å². The monoisotopic (exact) mass is 534 g/mol. The summed E-state index contributed by atoms with van der Waals surface area (Å²) in [7, 11) is 0.581. The molecule has 1 heterocycles. The maximum Gasteiger partial charge on any atom is 0.191 e. The van der Waals surface area contributed by atoms with Crippen molar-refractivity contribution in [3.8, 4) is 0 Å². The van der Waals surface area contributed by atoms with Gasteiger partial charge in [0.2, 0.25) is 0 Å². The highest BCUT2D eigenvalue weighted by molar-refractivity contribution is 14.0. The van der Waals surface area contributed by atoms with Crippen molar-refractivity contribution in [2.24, 2.45) is 4.99 Å². The summed E-state index contributed by atoms with van der Waals surface area (Å²) in [5.74, 6) is -0.0499. The molecule has 29 heavy (non-hydrogen) atoms. The van der Waals surface area contributed by atoms with Gasteiger partial charge in [-0.05, 0) is 30.7 Å². The number of hydrogen-bond acceptors (Lipinski definition) is 3. The lowest BCUT2D eigenvalue weighted by molar-refractivity contribution is 0.576. The lowest BCUT2D eigenvalue weighted by Gasteiger charge is -2.21. The van der Waals surface area contributed by atoms with Crippen LogP contribution in [0.1, 0.15) is 6.42 Å². The topological polar surface area (TPSA) is 56.7 Å². The fourth-order valence-corrected chi connectivity index (χ4v) is 4.20. The Bertz CT molecular complexity index is 833. The first-order valence-corrected chi connectivity index (χ1v) is 10.5. The molecule has 0 amide bonds. The maximum absolute atomic E-state index is 14.0. The summed E-state index contributed by atoms with van der Waals surface area (Å²) in [4.78, 5) is 6.69. The number of nitrogens with zero attached hydrogens (tertiary/aromatic N) is 2. The number of nitrogens with one attached hydrogen (secondary N) is 2. The highest BCUT2D eigenvalue weighted by Gasteiger charge is 2.27. The first kappa shape index (κ1) is 23.5. The van der Waals surface area contributed by atoms with Crippen LogP contribution >= 0.6 is 24.0 Å². The van der Waals surface area contributed by atoms with Crippen LogP contribution in [-0.2, 0) is 10.8 Å². The third kappa shape index (κ3) is 6.36. The minimum atomic E-state index is -1.08. The summed E-state index contributed by atoms with van der Waals surface area (Å²) in [6.45, 7) is 1.54. The normalized spacial score (nSPS) is 17.6. The van der Waals surface area contributed by atoms with Gasteiger partial charge in [-0.2, -0.15) is 0 Å². The van der Waals surface area contributed by atoms with Crippen molar-refractivity contribution in [1.82, 2.24) is 10.6 Å². The van der Waals surface area contributed by atoms with Crippen molar-refractivity contribution in [2.45, 2.75) is 17.4 Å². The highest BCUT2D eigenvalue weighted by Crippen LogP contribution is 2.26. The van der Waals surface area contributed by atoms with E-state index in [0.717, 1.165) is 11.3 Å². The number of halogens is 3. The van der Waals surface area contributed by atoms with Crippen LogP contribution in [0.15, 0.2) is 58.4 Å². The SMILES string of the molecule is CN=C(NCCS(=O)c1ccccc1)NC1CCN(c2c(F)cccc2F)C1.I. The molecule has 0 aromatic heterocycles. The number of aliphatic imine (C=N–C) groups is 1. The smallest absolute Gasteiger partial charge is 0.191 e. The van der Waals surface area contributed by atoms with Crippen LogP contribution in [0.3, 0.4) is 0 Å². The van der Waals surface area contributed by atoms with Gasteiger partial charge >= 0.3 is 0 Å². The van der Waals surface area contributed by atoms with E-state index in [0.29, 0.717) is 31.3 Å². The van der Waals surface area contributed by atoms with Gasteiger partial charge in [0.05, 0.1) is 10.8 Å². The molecule has 0 spiro atoms. The van der Waals surface area contributed by atoms with Gasteiger partial charge in [-0.15, -0.1) is 24.0 Å². The molecular formula is C20H25F2IN4OS. The van der Waals surface area contributed by atoms with Gasteiger partial charge in [-0.1, -0.05) is 24.3 Å². The second-order valence-electron chi connectivity index (χ2n) is 6.51. The van der Waals surface area contributed by atoms with Gasteiger partial charge in [0, 0.05) is 43.4 Å². The zero-order chi connectivity index (χ0) is 19.9. The molecule has 158 valence electrons. The molecule has 0 bridgehead atoms. The van der Waals surface area contributed by atoms with E-state index in [1.54, 1.807) is 11.9 Å². The fourth-order valence-electron chi connectivity index (χ4n) is 3.21. The fraction of sp³-hybridized carbons (Fsp3) is 0.350. The summed E-state index contributed by atoms with van der Waals surface area (Å²) < 4.78 is 40.2. The molecule has 0 radical (unpaired) electrons. The minimum absolute atomic E-state index is 0. The van der Waals surface area contributed by atoms with E-state index in [9.17, 15) is 13.0 Å². The van der Waals surface area contributed by atoms with E-state index in [4.69, 9.17) is 0 Å². The summed E-state index contributed by atoms with van der Waals surface area (Å²) in [6, 6.07) is 13.2. The second kappa shape index (κ2) is 11.4. The Morgan fingerprint density at radius 1 is 1.17 bits per heavy atom. The van der Waals surface area contributed by atoms with Crippen molar-refractivity contribution in [3.63, 3.8) is 0 Å². The molecule has 1 fully saturated rings. The number of guanidine groups is 1. The van der Waals surface area contributed by atoms with Crippen molar-refractivity contribution in [1.29, 1.82) is 0 Å². The van der Waals surface area contributed by atoms with E-state index >= 15 is 0 Å².